The third-order valence-electron chi connectivity index (χ3n) is 3.12. The van der Waals surface area contributed by atoms with E-state index in [2.05, 4.69) is 25.9 Å². The van der Waals surface area contributed by atoms with Gasteiger partial charge in [-0.2, -0.15) is 0 Å². The van der Waals surface area contributed by atoms with Crippen molar-refractivity contribution in [2.75, 3.05) is 13.1 Å². The van der Waals surface area contributed by atoms with E-state index in [0.29, 0.717) is 11.1 Å². The van der Waals surface area contributed by atoms with Crippen LogP contribution in [0.3, 0.4) is 0 Å². The predicted molar refractivity (Wildman–Crippen MR) is 77.6 cm³/mol. The van der Waals surface area contributed by atoms with Gasteiger partial charge >= 0.3 is 6.09 Å². The summed E-state index contributed by atoms with van der Waals surface area (Å²) in [6.45, 7) is 8.00. The van der Waals surface area contributed by atoms with Crippen molar-refractivity contribution in [2.45, 2.75) is 45.3 Å². The van der Waals surface area contributed by atoms with E-state index in [0.717, 1.165) is 11.5 Å². The molecule has 0 bridgehead atoms. The molecule has 0 radical (unpaired) electrons. The molecule has 1 fully saturated rings. The van der Waals surface area contributed by atoms with E-state index < -0.39 is 17.8 Å². The number of carbonyl (C=O) groups excluding carboxylic acids is 1. The lowest BCUT2D eigenvalue weighted by molar-refractivity contribution is 0.0270. The van der Waals surface area contributed by atoms with Gasteiger partial charge in [0.15, 0.2) is 0 Å². The van der Waals surface area contributed by atoms with Crippen LogP contribution in [0.1, 0.15) is 38.2 Å². The molecule has 112 valence electrons. The Bertz CT molecular complexity index is 509. The maximum absolute atomic E-state index is 12.0. The molecule has 0 spiro atoms. The Morgan fingerprint density at radius 2 is 2.15 bits per heavy atom. The molecule has 1 aromatic heterocycles. The lowest BCUT2D eigenvalue weighted by atomic mass is 10.0. The summed E-state index contributed by atoms with van der Waals surface area (Å²) in [4.78, 5) is 20.9. The van der Waals surface area contributed by atoms with Gasteiger partial charge in [0.25, 0.3) is 0 Å². The number of likely N-dealkylation sites (tertiary alicyclic amines) is 1. The number of aromatic amines is 1. The van der Waals surface area contributed by atoms with Crippen LogP contribution < -0.4 is 0 Å². The maximum Gasteiger partial charge on any atom is 0.410 e. The number of hydrogen-bond donors (Lipinski definition) is 2. The smallest absolute Gasteiger partial charge is 0.410 e. The molecule has 0 aromatic carbocycles. The second kappa shape index (κ2) is 5.37. The number of carbonyl (C=O) groups is 1. The van der Waals surface area contributed by atoms with Crippen LogP contribution in [0.25, 0.3) is 0 Å². The highest BCUT2D eigenvalue weighted by atomic mass is 79.9. The minimum atomic E-state index is -0.626. The van der Waals surface area contributed by atoms with Gasteiger partial charge in [0.1, 0.15) is 16.0 Å². The molecule has 1 aliphatic rings. The maximum atomic E-state index is 12.0. The van der Waals surface area contributed by atoms with Gasteiger partial charge in [-0.1, -0.05) is 0 Å². The Morgan fingerprint density at radius 3 is 2.65 bits per heavy atom. The highest BCUT2D eigenvalue weighted by molar-refractivity contribution is 9.10. The molecule has 6 nitrogen and oxygen atoms in total. The Morgan fingerprint density at radius 1 is 1.50 bits per heavy atom. The zero-order valence-corrected chi connectivity index (χ0v) is 13.7. The van der Waals surface area contributed by atoms with Crippen LogP contribution in [0, 0.1) is 6.92 Å². The second-order valence-corrected chi connectivity index (χ2v) is 6.84. The molecule has 7 heteroatoms. The van der Waals surface area contributed by atoms with Crippen LogP contribution in [-0.2, 0) is 4.74 Å². The number of hydrogen-bond acceptors (Lipinski definition) is 4. The van der Waals surface area contributed by atoms with Crippen molar-refractivity contribution in [1.82, 2.24) is 14.9 Å². The average Bonchev–Trinajstić information content (AvgIpc) is 2.79. The van der Waals surface area contributed by atoms with E-state index in [1.54, 1.807) is 0 Å². The van der Waals surface area contributed by atoms with Gasteiger partial charge in [0.05, 0.1) is 18.3 Å². The molecule has 1 amide bonds. The van der Waals surface area contributed by atoms with Gasteiger partial charge in [-0.05, 0) is 43.6 Å². The minimum absolute atomic E-state index is 0.182. The highest BCUT2D eigenvalue weighted by Crippen LogP contribution is 2.31. The fraction of sp³-hybridized carbons (Fsp3) is 0.692. The van der Waals surface area contributed by atoms with Gasteiger partial charge in [0.2, 0.25) is 0 Å². The monoisotopic (exact) mass is 345 g/mol. The number of aromatic nitrogens is 2. The van der Waals surface area contributed by atoms with Gasteiger partial charge in [0, 0.05) is 12.5 Å². The van der Waals surface area contributed by atoms with Crippen LogP contribution in [0.4, 0.5) is 4.79 Å². The fourth-order valence-corrected chi connectivity index (χ4v) is 2.93. The van der Waals surface area contributed by atoms with Crippen LogP contribution in [0.5, 0.6) is 0 Å². The summed E-state index contributed by atoms with van der Waals surface area (Å²) in [6, 6.07) is 0. The average molecular weight is 346 g/mol. The molecule has 1 aliphatic heterocycles. The van der Waals surface area contributed by atoms with Crippen molar-refractivity contribution in [1.29, 1.82) is 0 Å². The van der Waals surface area contributed by atoms with Crippen molar-refractivity contribution in [3.63, 3.8) is 0 Å². The molecule has 1 aromatic rings. The van der Waals surface area contributed by atoms with E-state index >= 15 is 0 Å². The SMILES string of the molecule is Cc1nc(Br)c(C2CN(C(=O)OC(C)(C)C)CC2O)[nH]1. The van der Waals surface area contributed by atoms with Crippen molar-refractivity contribution in [3.05, 3.63) is 16.1 Å². The van der Waals surface area contributed by atoms with Gasteiger partial charge in [-0.3, -0.25) is 0 Å². The van der Waals surface area contributed by atoms with Crippen molar-refractivity contribution < 1.29 is 14.6 Å². The zero-order chi connectivity index (χ0) is 15.1. The number of amides is 1. The number of aliphatic hydroxyl groups excluding tert-OH is 1. The minimum Gasteiger partial charge on any atom is -0.444 e. The highest BCUT2D eigenvalue weighted by Gasteiger charge is 2.38. The van der Waals surface area contributed by atoms with Crippen LogP contribution >= 0.6 is 15.9 Å². The molecule has 0 aliphatic carbocycles. The number of ether oxygens (including phenoxy) is 1. The van der Waals surface area contributed by atoms with Gasteiger partial charge in [-0.15, -0.1) is 0 Å². The summed E-state index contributed by atoms with van der Waals surface area (Å²) in [7, 11) is 0. The number of aryl methyl sites for hydroxylation is 1. The summed E-state index contributed by atoms with van der Waals surface area (Å²) >= 11 is 3.37. The Balaban J connectivity index is 2.09. The number of nitrogens with zero attached hydrogens (tertiary/aromatic N) is 2. The van der Waals surface area contributed by atoms with Crippen molar-refractivity contribution in [2.24, 2.45) is 0 Å². The number of nitrogens with one attached hydrogen (secondary N) is 1. The number of imidazole rings is 1. The lowest BCUT2D eigenvalue weighted by Crippen LogP contribution is -2.35. The Kier molecular flexibility index (Phi) is 4.11. The first-order chi connectivity index (χ1) is 9.17. The molecular weight excluding hydrogens is 326 g/mol. The molecule has 0 saturated carbocycles. The zero-order valence-electron chi connectivity index (χ0n) is 12.1. The first kappa shape index (κ1) is 15.3. The Labute approximate surface area is 126 Å². The third-order valence-corrected chi connectivity index (χ3v) is 3.72. The number of halogens is 1. The molecule has 2 unspecified atom stereocenters. The summed E-state index contributed by atoms with van der Waals surface area (Å²) in [6.07, 6.45) is -1.02. The normalized spacial score (nSPS) is 23.2. The van der Waals surface area contributed by atoms with Crippen LogP contribution in [-0.4, -0.2) is 50.9 Å². The second-order valence-electron chi connectivity index (χ2n) is 6.09. The van der Waals surface area contributed by atoms with E-state index in [4.69, 9.17) is 4.74 Å². The molecule has 1 saturated heterocycles. The molecule has 2 atom stereocenters. The summed E-state index contributed by atoms with van der Waals surface area (Å²) in [5, 5.41) is 10.2. The standard InChI is InChI=1S/C13H20BrN3O3/c1-7-15-10(11(14)16-7)8-5-17(6-9(8)18)12(19)20-13(2,3)4/h8-9,18H,5-6H2,1-4H3,(H,15,16). The first-order valence-corrected chi connectivity index (χ1v) is 7.34. The largest absolute Gasteiger partial charge is 0.444 e. The lowest BCUT2D eigenvalue weighted by Gasteiger charge is -2.24. The van der Waals surface area contributed by atoms with Crippen LogP contribution in [0.15, 0.2) is 4.60 Å². The van der Waals surface area contributed by atoms with Crippen molar-refractivity contribution >= 4 is 22.0 Å². The number of rotatable bonds is 1. The van der Waals surface area contributed by atoms with Gasteiger partial charge < -0.3 is 19.7 Å². The Hall–Kier alpha value is -1.08. The fourth-order valence-electron chi connectivity index (χ4n) is 2.27. The molecule has 2 rings (SSSR count). The quantitative estimate of drug-likeness (QED) is 0.817. The van der Waals surface area contributed by atoms with Crippen LogP contribution in [0.2, 0.25) is 0 Å². The third kappa shape index (κ3) is 3.32. The topological polar surface area (TPSA) is 78.5 Å². The number of β-amino-alcohol motifs (C(OH)–C–C–N with tert-alkyl or cyclic N) is 1. The molecule has 2 N–H and O–H groups in total. The summed E-state index contributed by atoms with van der Waals surface area (Å²) in [5.41, 5.74) is 0.284. The van der Waals surface area contributed by atoms with E-state index in [-0.39, 0.29) is 12.5 Å². The number of H-pyrrole nitrogens is 1. The number of aliphatic hydroxyl groups is 1. The summed E-state index contributed by atoms with van der Waals surface area (Å²) in [5.74, 6) is 0.591. The predicted octanol–water partition coefficient (Wildman–Crippen LogP) is 2.18. The summed E-state index contributed by atoms with van der Waals surface area (Å²) < 4.78 is 6.01. The van der Waals surface area contributed by atoms with E-state index in [9.17, 15) is 9.90 Å². The van der Waals surface area contributed by atoms with Crippen molar-refractivity contribution in [3.8, 4) is 0 Å². The van der Waals surface area contributed by atoms with Gasteiger partial charge in [-0.25, -0.2) is 9.78 Å². The first-order valence-electron chi connectivity index (χ1n) is 6.55. The molecule has 20 heavy (non-hydrogen) atoms. The van der Waals surface area contributed by atoms with E-state index in [1.807, 2.05) is 27.7 Å². The van der Waals surface area contributed by atoms with E-state index in [1.165, 1.54) is 4.90 Å². The molecule has 2 heterocycles. The molecular formula is C13H20BrN3O3.